The maximum atomic E-state index is 9.59. The minimum absolute atomic E-state index is 0.00705. The van der Waals surface area contributed by atoms with Crippen molar-refractivity contribution >= 4 is 11.3 Å². The molecule has 1 aliphatic carbocycles. The van der Waals surface area contributed by atoms with Crippen LogP contribution in [0.15, 0.2) is 60.8 Å². The number of ether oxygens (including phenoxy) is 1. The van der Waals surface area contributed by atoms with Gasteiger partial charge in [-0.2, -0.15) is 5.26 Å². The van der Waals surface area contributed by atoms with Gasteiger partial charge in [0.15, 0.2) is 0 Å². The topological polar surface area (TPSA) is 83.7 Å². The summed E-state index contributed by atoms with van der Waals surface area (Å²) in [5.41, 5.74) is 6.26. The molecule has 2 aromatic heterocycles. The van der Waals surface area contributed by atoms with Gasteiger partial charge in [-0.1, -0.05) is 35.6 Å². The van der Waals surface area contributed by atoms with Gasteiger partial charge in [-0.05, 0) is 74.6 Å². The lowest BCUT2D eigenvalue weighted by atomic mass is 9.85. The molecule has 176 valence electrons. The first-order valence-corrected chi connectivity index (χ1v) is 12.7. The van der Waals surface area contributed by atoms with E-state index in [1.807, 2.05) is 50.4 Å². The zero-order valence-electron chi connectivity index (χ0n) is 19.9. The van der Waals surface area contributed by atoms with E-state index in [2.05, 4.69) is 50.8 Å². The van der Waals surface area contributed by atoms with E-state index in [9.17, 15) is 5.26 Å². The predicted octanol–water partition coefficient (Wildman–Crippen LogP) is 6.09. The molecule has 0 saturated heterocycles. The maximum Gasteiger partial charge on any atom is 0.148 e. The Hall–Kier alpha value is -3.60. The van der Waals surface area contributed by atoms with E-state index >= 15 is 0 Å². The van der Waals surface area contributed by atoms with E-state index in [0.717, 1.165) is 52.6 Å². The van der Waals surface area contributed by atoms with E-state index in [0.29, 0.717) is 17.4 Å². The summed E-state index contributed by atoms with van der Waals surface area (Å²) < 4.78 is 5.76. The standard InChI is InChI=1S/C28H27N5OS/c1-18(2)34-26-13-12-19(15-20(26)16-29)27-32-33-28(35-27)24-10-5-9-23-22(24)8-6-11-25(23)31-17-21-7-3-4-14-30-21/h3-5,7,9-10,12-15,18,25,31H,6,8,11,17H2,1-2H3. The van der Waals surface area contributed by atoms with Gasteiger partial charge < -0.3 is 10.1 Å². The van der Waals surface area contributed by atoms with Crippen LogP contribution >= 0.6 is 11.3 Å². The quantitative estimate of drug-likeness (QED) is 0.344. The summed E-state index contributed by atoms with van der Waals surface area (Å²) in [6, 6.07) is 20.6. The molecule has 1 N–H and O–H groups in total. The van der Waals surface area contributed by atoms with Crippen molar-refractivity contribution in [3.63, 3.8) is 0 Å². The van der Waals surface area contributed by atoms with Crippen LogP contribution in [0.25, 0.3) is 21.1 Å². The Morgan fingerprint density at radius 3 is 2.80 bits per heavy atom. The first kappa shape index (κ1) is 23.2. The van der Waals surface area contributed by atoms with Gasteiger partial charge in [-0.3, -0.25) is 4.98 Å². The fourth-order valence-electron chi connectivity index (χ4n) is 4.55. The van der Waals surface area contributed by atoms with Crippen molar-refractivity contribution in [2.45, 2.75) is 51.8 Å². The van der Waals surface area contributed by atoms with Gasteiger partial charge in [0.1, 0.15) is 21.8 Å². The lowest BCUT2D eigenvalue weighted by molar-refractivity contribution is 0.242. The van der Waals surface area contributed by atoms with Crippen LogP contribution in [0.1, 0.15) is 55.1 Å². The van der Waals surface area contributed by atoms with Crippen LogP contribution in [-0.2, 0) is 13.0 Å². The average Bonchev–Trinajstić information content (AvgIpc) is 3.38. The van der Waals surface area contributed by atoms with Crippen molar-refractivity contribution in [1.29, 1.82) is 5.26 Å². The fraction of sp³-hybridized carbons (Fsp3) is 0.286. The van der Waals surface area contributed by atoms with Crippen molar-refractivity contribution in [2.24, 2.45) is 0 Å². The molecule has 1 atom stereocenters. The molecule has 0 bridgehead atoms. The van der Waals surface area contributed by atoms with Gasteiger partial charge in [-0.25, -0.2) is 0 Å². The highest BCUT2D eigenvalue weighted by Gasteiger charge is 2.24. The van der Waals surface area contributed by atoms with Gasteiger partial charge in [0, 0.05) is 29.9 Å². The van der Waals surface area contributed by atoms with Crippen LogP contribution in [0.3, 0.4) is 0 Å². The minimum Gasteiger partial charge on any atom is -0.490 e. The fourth-order valence-corrected chi connectivity index (χ4v) is 5.44. The Morgan fingerprint density at radius 1 is 1.11 bits per heavy atom. The van der Waals surface area contributed by atoms with Gasteiger partial charge in [0.05, 0.1) is 17.4 Å². The summed E-state index contributed by atoms with van der Waals surface area (Å²) >= 11 is 1.56. The van der Waals surface area contributed by atoms with Crippen molar-refractivity contribution in [3.8, 4) is 33.0 Å². The molecular formula is C28H27N5OS. The van der Waals surface area contributed by atoms with Gasteiger partial charge in [0.25, 0.3) is 0 Å². The number of hydrogen-bond donors (Lipinski definition) is 1. The molecule has 0 fully saturated rings. The Morgan fingerprint density at radius 2 is 2.00 bits per heavy atom. The van der Waals surface area contributed by atoms with Crippen molar-refractivity contribution in [2.75, 3.05) is 0 Å². The Labute approximate surface area is 209 Å². The third-order valence-corrected chi connectivity index (χ3v) is 7.13. The largest absolute Gasteiger partial charge is 0.490 e. The molecule has 0 saturated carbocycles. The molecule has 35 heavy (non-hydrogen) atoms. The number of aromatic nitrogens is 3. The molecule has 6 nitrogen and oxygen atoms in total. The van der Waals surface area contributed by atoms with Crippen LogP contribution in [-0.4, -0.2) is 21.3 Å². The molecule has 0 spiro atoms. The molecule has 2 aromatic carbocycles. The van der Waals surface area contributed by atoms with E-state index < -0.39 is 0 Å². The van der Waals surface area contributed by atoms with Crippen molar-refractivity contribution in [3.05, 3.63) is 83.2 Å². The molecular weight excluding hydrogens is 454 g/mol. The second-order valence-electron chi connectivity index (χ2n) is 8.92. The summed E-state index contributed by atoms with van der Waals surface area (Å²) in [7, 11) is 0. The molecule has 1 aliphatic rings. The highest BCUT2D eigenvalue weighted by atomic mass is 32.1. The Kier molecular flexibility index (Phi) is 6.84. The lowest BCUT2D eigenvalue weighted by Crippen LogP contribution is -2.25. The number of nitriles is 1. The summed E-state index contributed by atoms with van der Waals surface area (Å²) in [5.74, 6) is 0.595. The van der Waals surface area contributed by atoms with Gasteiger partial charge in [-0.15, -0.1) is 10.2 Å². The first-order chi connectivity index (χ1) is 17.1. The second kappa shape index (κ2) is 10.3. The molecule has 4 aromatic rings. The van der Waals surface area contributed by atoms with Crippen molar-refractivity contribution in [1.82, 2.24) is 20.5 Å². The highest BCUT2D eigenvalue weighted by Crippen LogP contribution is 2.39. The number of rotatable bonds is 7. The third kappa shape index (κ3) is 5.09. The smallest absolute Gasteiger partial charge is 0.148 e. The van der Waals surface area contributed by atoms with Gasteiger partial charge >= 0.3 is 0 Å². The van der Waals surface area contributed by atoms with Crippen LogP contribution in [0, 0.1) is 11.3 Å². The predicted molar refractivity (Wildman–Crippen MR) is 138 cm³/mol. The number of benzene rings is 2. The Balaban J connectivity index is 1.41. The minimum atomic E-state index is 0.00705. The summed E-state index contributed by atoms with van der Waals surface area (Å²) in [5, 5.41) is 24.0. The summed E-state index contributed by atoms with van der Waals surface area (Å²) in [6.45, 7) is 4.65. The summed E-state index contributed by atoms with van der Waals surface area (Å²) in [6.07, 6.45) is 5.10. The van der Waals surface area contributed by atoms with E-state index in [1.165, 1.54) is 11.1 Å². The second-order valence-corrected chi connectivity index (χ2v) is 9.90. The third-order valence-electron chi connectivity index (χ3n) is 6.13. The van der Waals surface area contributed by atoms with Crippen LogP contribution in [0.2, 0.25) is 0 Å². The summed E-state index contributed by atoms with van der Waals surface area (Å²) in [4.78, 5) is 4.44. The average molecular weight is 482 g/mol. The number of nitrogens with zero attached hydrogens (tertiary/aromatic N) is 4. The van der Waals surface area contributed by atoms with Crippen LogP contribution < -0.4 is 10.1 Å². The zero-order valence-corrected chi connectivity index (χ0v) is 20.7. The molecule has 7 heteroatoms. The number of fused-ring (bicyclic) bond motifs is 1. The zero-order chi connectivity index (χ0) is 24.2. The SMILES string of the molecule is CC(C)Oc1ccc(-c2nnc(-c3cccc4c3CCCC4NCc3ccccn3)s2)cc1C#N. The molecule has 5 rings (SSSR count). The van der Waals surface area contributed by atoms with Crippen LogP contribution in [0.4, 0.5) is 0 Å². The Bertz CT molecular complexity index is 1360. The van der Waals surface area contributed by atoms with E-state index in [4.69, 9.17) is 4.74 Å². The molecule has 1 unspecified atom stereocenters. The number of hydrogen-bond acceptors (Lipinski definition) is 7. The normalized spacial score (nSPS) is 15.0. The number of nitrogens with one attached hydrogen (secondary N) is 1. The molecule has 0 radical (unpaired) electrons. The maximum absolute atomic E-state index is 9.59. The van der Waals surface area contributed by atoms with Crippen molar-refractivity contribution < 1.29 is 4.74 Å². The molecule has 2 heterocycles. The first-order valence-electron chi connectivity index (χ1n) is 11.9. The highest BCUT2D eigenvalue weighted by molar-refractivity contribution is 7.17. The van der Waals surface area contributed by atoms with E-state index in [1.54, 1.807) is 11.3 Å². The molecule has 0 amide bonds. The monoisotopic (exact) mass is 481 g/mol. The van der Waals surface area contributed by atoms with Gasteiger partial charge in [0.2, 0.25) is 0 Å². The number of pyridine rings is 1. The van der Waals surface area contributed by atoms with Crippen LogP contribution in [0.5, 0.6) is 5.75 Å². The lowest BCUT2D eigenvalue weighted by Gasteiger charge is -2.28. The van der Waals surface area contributed by atoms with E-state index in [-0.39, 0.29) is 6.10 Å². The molecule has 0 aliphatic heterocycles.